The summed E-state index contributed by atoms with van der Waals surface area (Å²) < 4.78 is 1.74. The smallest absolute Gasteiger partial charge is 0.272 e. The largest absolute Gasteiger partial charge is 0.336 e. The van der Waals surface area contributed by atoms with Crippen molar-refractivity contribution in [3.05, 3.63) is 39.8 Å². The minimum Gasteiger partial charge on any atom is -0.336 e. The molecule has 1 aliphatic heterocycles. The van der Waals surface area contributed by atoms with Crippen LogP contribution in [0.5, 0.6) is 0 Å². The highest BCUT2D eigenvalue weighted by Crippen LogP contribution is 2.16. The number of hydrogen-bond acceptors (Lipinski definition) is 4. The Kier molecular flexibility index (Phi) is 5.91. The number of aromatic nitrogens is 2. The van der Waals surface area contributed by atoms with Gasteiger partial charge in [0.25, 0.3) is 5.91 Å². The van der Waals surface area contributed by atoms with Crippen LogP contribution in [0.1, 0.15) is 41.3 Å². The molecule has 1 amide bonds. The van der Waals surface area contributed by atoms with E-state index in [0.29, 0.717) is 11.6 Å². The third-order valence-corrected chi connectivity index (χ3v) is 5.46. The van der Waals surface area contributed by atoms with Crippen molar-refractivity contribution in [3.8, 4) is 0 Å². The number of aryl methyl sites for hydroxylation is 1. The zero-order chi connectivity index (χ0) is 17.8. The van der Waals surface area contributed by atoms with Crippen LogP contribution < -0.4 is 0 Å². The molecule has 0 atom stereocenters. The molecule has 0 N–H and O–H groups in total. The lowest BCUT2D eigenvalue weighted by atomic mass is 10.1. The molecule has 0 unspecified atom stereocenters. The van der Waals surface area contributed by atoms with Gasteiger partial charge < -0.3 is 4.90 Å². The van der Waals surface area contributed by atoms with E-state index in [-0.39, 0.29) is 5.91 Å². The quantitative estimate of drug-likeness (QED) is 0.823. The van der Waals surface area contributed by atoms with E-state index in [0.717, 1.165) is 51.3 Å². The lowest BCUT2D eigenvalue weighted by Gasteiger charge is -2.21. The summed E-state index contributed by atoms with van der Waals surface area (Å²) in [6, 6.07) is 6.26. The average Bonchev–Trinajstić information content (AvgIpc) is 3.11. The van der Waals surface area contributed by atoms with E-state index in [2.05, 4.69) is 41.4 Å². The van der Waals surface area contributed by atoms with Gasteiger partial charge in [0.1, 0.15) is 5.69 Å². The molecule has 0 saturated carbocycles. The fraction of sp³-hybridized carbons (Fsp3) is 0.579. The normalized spacial score (nSPS) is 16.4. The van der Waals surface area contributed by atoms with Crippen LogP contribution in [0.3, 0.4) is 0 Å². The van der Waals surface area contributed by atoms with Crippen LogP contribution in [-0.4, -0.2) is 51.7 Å². The van der Waals surface area contributed by atoms with Crippen LogP contribution in [0.2, 0.25) is 0 Å². The van der Waals surface area contributed by atoms with Gasteiger partial charge in [-0.05, 0) is 36.3 Å². The van der Waals surface area contributed by atoms with E-state index in [1.54, 1.807) is 16.0 Å². The molecule has 136 valence electrons. The molecule has 2 aromatic heterocycles. The third kappa shape index (κ3) is 4.70. The molecule has 0 aromatic carbocycles. The van der Waals surface area contributed by atoms with Gasteiger partial charge in [0, 0.05) is 44.6 Å². The van der Waals surface area contributed by atoms with Gasteiger partial charge in [0.2, 0.25) is 0 Å². The molecule has 3 heterocycles. The molecular formula is C19H28N4OS. The first-order valence-corrected chi connectivity index (χ1v) is 9.98. The third-order valence-electron chi connectivity index (χ3n) is 4.60. The SMILES string of the molecule is CC(C)Cc1cc(C(=O)N2CCCN(Cc3cccs3)CC2)n(C)n1. The van der Waals surface area contributed by atoms with E-state index in [9.17, 15) is 4.79 Å². The summed E-state index contributed by atoms with van der Waals surface area (Å²) in [5, 5.41) is 6.64. The Morgan fingerprint density at radius 1 is 1.28 bits per heavy atom. The van der Waals surface area contributed by atoms with Crippen molar-refractivity contribution >= 4 is 17.2 Å². The predicted octanol–water partition coefficient (Wildman–Crippen LogP) is 3.03. The standard InChI is InChI=1S/C19H28N4OS/c1-15(2)12-16-13-18(21(3)20-16)19(24)23-8-5-7-22(9-10-23)14-17-6-4-11-25-17/h4,6,11,13,15H,5,7-10,12,14H2,1-3H3. The molecule has 2 aromatic rings. The molecule has 3 rings (SSSR count). The number of carbonyl (C=O) groups excluding carboxylic acids is 1. The van der Waals surface area contributed by atoms with E-state index < -0.39 is 0 Å². The Balaban J connectivity index is 1.62. The van der Waals surface area contributed by atoms with Crippen molar-refractivity contribution in [2.75, 3.05) is 26.2 Å². The van der Waals surface area contributed by atoms with Crippen LogP contribution >= 0.6 is 11.3 Å². The molecule has 0 spiro atoms. The highest BCUT2D eigenvalue weighted by atomic mass is 32.1. The summed E-state index contributed by atoms with van der Waals surface area (Å²) in [5.41, 5.74) is 1.72. The molecule has 0 radical (unpaired) electrons. The average molecular weight is 361 g/mol. The molecule has 1 saturated heterocycles. The Morgan fingerprint density at radius 2 is 2.12 bits per heavy atom. The van der Waals surface area contributed by atoms with Crippen LogP contribution in [0, 0.1) is 5.92 Å². The van der Waals surface area contributed by atoms with E-state index >= 15 is 0 Å². The molecule has 25 heavy (non-hydrogen) atoms. The topological polar surface area (TPSA) is 41.4 Å². The maximum atomic E-state index is 12.9. The van der Waals surface area contributed by atoms with Gasteiger partial charge in [-0.15, -0.1) is 11.3 Å². The van der Waals surface area contributed by atoms with Gasteiger partial charge in [0.05, 0.1) is 5.69 Å². The second kappa shape index (κ2) is 8.15. The Morgan fingerprint density at radius 3 is 2.84 bits per heavy atom. The molecule has 0 bridgehead atoms. The van der Waals surface area contributed by atoms with Crippen LogP contribution in [0.15, 0.2) is 23.6 Å². The minimum atomic E-state index is 0.114. The first-order valence-electron chi connectivity index (χ1n) is 9.10. The Hall–Kier alpha value is -1.66. The van der Waals surface area contributed by atoms with Crippen molar-refractivity contribution < 1.29 is 4.79 Å². The van der Waals surface area contributed by atoms with Crippen molar-refractivity contribution in [2.24, 2.45) is 13.0 Å². The number of thiophene rings is 1. The Bertz CT molecular complexity index is 692. The maximum absolute atomic E-state index is 12.9. The predicted molar refractivity (Wildman–Crippen MR) is 102 cm³/mol. The van der Waals surface area contributed by atoms with E-state index in [1.807, 2.05) is 18.0 Å². The fourth-order valence-electron chi connectivity index (χ4n) is 3.36. The van der Waals surface area contributed by atoms with Gasteiger partial charge in [-0.2, -0.15) is 5.10 Å². The lowest BCUT2D eigenvalue weighted by Crippen LogP contribution is -2.36. The lowest BCUT2D eigenvalue weighted by molar-refractivity contribution is 0.0750. The number of carbonyl (C=O) groups is 1. The maximum Gasteiger partial charge on any atom is 0.272 e. The van der Waals surface area contributed by atoms with Crippen molar-refractivity contribution in [1.82, 2.24) is 19.6 Å². The number of amides is 1. The number of hydrogen-bond donors (Lipinski definition) is 0. The van der Waals surface area contributed by atoms with Crippen molar-refractivity contribution in [3.63, 3.8) is 0 Å². The Labute approximate surface area is 154 Å². The highest BCUT2D eigenvalue weighted by molar-refractivity contribution is 7.09. The first kappa shape index (κ1) is 18.1. The summed E-state index contributed by atoms with van der Waals surface area (Å²) in [5.74, 6) is 0.657. The van der Waals surface area contributed by atoms with Crippen LogP contribution in [-0.2, 0) is 20.0 Å². The molecule has 1 aliphatic rings. The van der Waals surface area contributed by atoms with E-state index in [4.69, 9.17) is 0 Å². The second-order valence-electron chi connectivity index (χ2n) is 7.24. The fourth-order valence-corrected chi connectivity index (χ4v) is 4.11. The van der Waals surface area contributed by atoms with E-state index in [1.165, 1.54) is 4.88 Å². The molecule has 5 nitrogen and oxygen atoms in total. The molecular weight excluding hydrogens is 332 g/mol. The summed E-state index contributed by atoms with van der Waals surface area (Å²) in [7, 11) is 1.87. The molecule has 1 fully saturated rings. The number of rotatable bonds is 5. The number of nitrogens with zero attached hydrogens (tertiary/aromatic N) is 4. The second-order valence-corrected chi connectivity index (χ2v) is 8.28. The van der Waals surface area contributed by atoms with Gasteiger partial charge in [-0.3, -0.25) is 14.4 Å². The summed E-state index contributed by atoms with van der Waals surface area (Å²) in [6.07, 6.45) is 1.93. The first-order chi connectivity index (χ1) is 12.0. The molecule has 6 heteroatoms. The minimum absolute atomic E-state index is 0.114. The zero-order valence-electron chi connectivity index (χ0n) is 15.4. The summed E-state index contributed by atoms with van der Waals surface area (Å²) >= 11 is 1.80. The van der Waals surface area contributed by atoms with Gasteiger partial charge in [-0.1, -0.05) is 19.9 Å². The highest BCUT2D eigenvalue weighted by Gasteiger charge is 2.23. The van der Waals surface area contributed by atoms with Gasteiger partial charge >= 0.3 is 0 Å². The van der Waals surface area contributed by atoms with Gasteiger partial charge in [-0.25, -0.2) is 0 Å². The van der Waals surface area contributed by atoms with Crippen LogP contribution in [0.25, 0.3) is 0 Å². The van der Waals surface area contributed by atoms with Gasteiger partial charge in [0.15, 0.2) is 0 Å². The monoisotopic (exact) mass is 360 g/mol. The van der Waals surface area contributed by atoms with Crippen molar-refractivity contribution in [2.45, 2.75) is 33.2 Å². The van der Waals surface area contributed by atoms with Crippen LogP contribution in [0.4, 0.5) is 0 Å². The molecule has 0 aliphatic carbocycles. The zero-order valence-corrected chi connectivity index (χ0v) is 16.3. The summed E-state index contributed by atoms with van der Waals surface area (Å²) in [6.45, 7) is 8.93. The van der Waals surface area contributed by atoms with Crippen molar-refractivity contribution in [1.29, 1.82) is 0 Å². The summed E-state index contributed by atoms with van der Waals surface area (Å²) in [4.78, 5) is 18.8.